The molecule has 0 saturated carbocycles. The van der Waals surface area contributed by atoms with Crippen LogP contribution in [0.25, 0.3) is 0 Å². The molecule has 2 aromatic rings. The van der Waals surface area contributed by atoms with E-state index in [2.05, 4.69) is 21.2 Å². The van der Waals surface area contributed by atoms with Gasteiger partial charge in [0.1, 0.15) is 11.6 Å². The Kier molecular flexibility index (Phi) is 4.47. The molecule has 0 aliphatic rings. The minimum absolute atomic E-state index is 0.0964. The van der Waals surface area contributed by atoms with E-state index in [1.807, 2.05) is 0 Å². The molecule has 4 N–H and O–H groups in total. The maximum absolute atomic E-state index is 13.8. The molecule has 2 rings (SSSR count). The van der Waals surface area contributed by atoms with Crippen LogP contribution in [0.2, 0.25) is 0 Å². The molecule has 0 bridgehead atoms. The van der Waals surface area contributed by atoms with E-state index < -0.39 is 11.7 Å². The fourth-order valence-corrected chi connectivity index (χ4v) is 2.30. The Morgan fingerprint density at radius 3 is 2.76 bits per heavy atom. The van der Waals surface area contributed by atoms with Crippen molar-refractivity contribution >= 4 is 27.5 Å². The highest BCUT2D eigenvalue weighted by Crippen LogP contribution is 2.25. The van der Waals surface area contributed by atoms with Gasteiger partial charge in [-0.3, -0.25) is 4.79 Å². The first-order valence-corrected chi connectivity index (χ1v) is 6.99. The number of halogens is 2. The maximum Gasteiger partial charge on any atom is 0.248 e. The number of amides is 1. The second kappa shape index (κ2) is 6.13. The van der Waals surface area contributed by atoms with E-state index >= 15 is 0 Å². The van der Waals surface area contributed by atoms with Crippen LogP contribution < -0.4 is 11.1 Å². The highest BCUT2D eigenvalue weighted by Gasteiger charge is 2.11. The molecular weight excluding hydrogens is 339 g/mol. The van der Waals surface area contributed by atoms with Crippen molar-refractivity contribution in [3.63, 3.8) is 0 Å². The molecular formula is C15H14BrFN2O2. The molecule has 0 unspecified atom stereocenters. The van der Waals surface area contributed by atoms with Crippen LogP contribution in [-0.2, 0) is 6.54 Å². The second-order valence-corrected chi connectivity index (χ2v) is 5.54. The van der Waals surface area contributed by atoms with E-state index in [4.69, 9.17) is 5.73 Å². The minimum Gasteiger partial charge on any atom is -0.508 e. The zero-order valence-corrected chi connectivity index (χ0v) is 12.9. The molecule has 6 heteroatoms. The fraction of sp³-hybridized carbons (Fsp3) is 0.133. The molecule has 0 atom stereocenters. The molecule has 0 fully saturated rings. The smallest absolute Gasteiger partial charge is 0.248 e. The van der Waals surface area contributed by atoms with Gasteiger partial charge in [-0.25, -0.2) is 4.39 Å². The summed E-state index contributed by atoms with van der Waals surface area (Å²) in [5.74, 6) is -1.07. The van der Waals surface area contributed by atoms with E-state index in [1.165, 1.54) is 6.07 Å². The van der Waals surface area contributed by atoms with Crippen molar-refractivity contribution in [3.8, 4) is 5.75 Å². The number of aromatic hydroxyl groups is 1. The number of anilines is 1. The van der Waals surface area contributed by atoms with Gasteiger partial charge in [0.15, 0.2) is 0 Å². The lowest BCUT2D eigenvalue weighted by Crippen LogP contribution is -2.13. The third-order valence-electron chi connectivity index (χ3n) is 3.14. The topological polar surface area (TPSA) is 75.4 Å². The van der Waals surface area contributed by atoms with Crippen molar-refractivity contribution in [3.05, 3.63) is 57.3 Å². The number of benzene rings is 2. The summed E-state index contributed by atoms with van der Waals surface area (Å²) in [6.07, 6.45) is 0. The van der Waals surface area contributed by atoms with Crippen LogP contribution in [0.1, 0.15) is 21.5 Å². The number of nitrogens with one attached hydrogen (secondary N) is 1. The third kappa shape index (κ3) is 3.52. The van der Waals surface area contributed by atoms with E-state index in [-0.39, 0.29) is 17.9 Å². The van der Waals surface area contributed by atoms with E-state index in [9.17, 15) is 14.3 Å². The molecule has 2 aromatic carbocycles. The van der Waals surface area contributed by atoms with Crippen molar-refractivity contribution in [2.45, 2.75) is 13.5 Å². The van der Waals surface area contributed by atoms with Crippen molar-refractivity contribution in [2.24, 2.45) is 5.73 Å². The molecule has 0 aromatic heterocycles. The molecule has 0 spiro atoms. The summed E-state index contributed by atoms with van der Waals surface area (Å²) in [5.41, 5.74) is 6.76. The van der Waals surface area contributed by atoms with Gasteiger partial charge in [-0.2, -0.15) is 0 Å². The molecule has 0 saturated heterocycles. The summed E-state index contributed by atoms with van der Waals surface area (Å²) in [7, 11) is 0. The number of nitrogens with two attached hydrogens (primary N) is 1. The lowest BCUT2D eigenvalue weighted by Gasteiger charge is -2.13. The van der Waals surface area contributed by atoms with Gasteiger partial charge in [-0.15, -0.1) is 0 Å². The predicted octanol–water partition coefficient (Wildman–Crippen LogP) is 3.31. The van der Waals surface area contributed by atoms with E-state index in [0.29, 0.717) is 16.8 Å². The van der Waals surface area contributed by atoms with Crippen molar-refractivity contribution in [1.82, 2.24) is 0 Å². The van der Waals surface area contributed by atoms with Crippen LogP contribution in [0.15, 0.2) is 34.8 Å². The van der Waals surface area contributed by atoms with Crippen molar-refractivity contribution in [1.29, 1.82) is 0 Å². The zero-order valence-electron chi connectivity index (χ0n) is 11.3. The predicted molar refractivity (Wildman–Crippen MR) is 82.8 cm³/mol. The van der Waals surface area contributed by atoms with Crippen LogP contribution in [-0.4, -0.2) is 11.0 Å². The number of hydrogen-bond donors (Lipinski definition) is 3. The number of phenolic OH excluding ortho intramolecular Hbond substituents is 1. The van der Waals surface area contributed by atoms with Crippen LogP contribution in [0.5, 0.6) is 5.75 Å². The average molecular weight is 353 g/mol. The Morgan fingerprint density at radius 2 is 2.10 bits per heavy atom. The monoisotopic (exact) mass is 352 g/mol. The van der Waals surface area contributed by atoms with Gasteiger partial charge >= 0.3 is 0 Å². The Bertz CT molecular complexity index is 704. The average Bonchev–Trinajstić information content (AvgIpc) is 2.43. The van der Waals surface area contributed by atoms with Gasteiger partial charge in [-0.1, -0.05) is 15.9 Å². The van der Waals surface area contributed by atoms with Gasteiger partial charge in [0.05, 0.1) is 0 Å². The van der Waals surface area contributed by atoms with Gasteiger partial charge in [0.25, 0.3) is 0 Å². The van der Waals surface area contributed by atoms with Gasteiger partial charge in [-0.05, 0) is 37.3 Å². The summed E-state index contributed by atoms with van der Waals surface area (Å²) in [4.78, 5) is 11.2. The molecule has 4 nitrogen and oxygen atoms in total. The van der Waals surface area contributed by atoms with Gasteiger partial charge < -0.3 is 16.2 Å². The molecule has 21 heavy (non-hydrogen) atoms. The lowest BCUT2D eigenvalue weighted by molar-refractivity contribution is 0.1000. The highest BCUT2D eigenvalue weighted by molar-refractivity contribution is 9.10. The quantitative estimate of drug-likeness (QED) is 0.789. The Morgan fingerprint density at radius 1 is 1.38 bits per heavy atom. The number of primary amides is 1. The second-order valence-electron chi connectivity index (χ2n) is 4.62. The van der Waals surface area contributed by atoms with Crippen molar-refractivity contribution in [2.75, 3.05) is 5.32 Å². The summed E-state index contributed by atoms with van der Waals surface area (Å²) in [6.45, 7) is 1.89. The van der Waals surface area contributed by atoms with Gasteiger partial charge in [0, 0.05) is 33.4 Å². The summed E-state index contributed by atoms with van der Waals surface area (Å²) in [5, 5.41) is 12.8. The first-order valence-electron chi connectivity index (χ1n) is 6.19. The first-order chi connectivity index (χ1) is 9.88. The van der Waals surface area contributed by atoms with E-state index in [0.717, 1.165) is 10.5 Å². The summed E-state index contributed by atoms with van der Waals surface area (Å²) in [6, 6.07) is 7.65. The van der Waals surface area contributed by atoms with Crippen LogP contribution in [0.4, 0.5) is 10.1 Å². The number of phenols is 1. The number of hydrogen-bond acceptors (Lipinski definition) is 3. The van der Waals surface area contributed by atoms with Crippen molar-refractivity contribution < 1.29 is 14.3 Å². The van der Waals surface area contributed by atoms with Crippen LogP contribution in [0, 0.1) is 12.7 Å². The number of rotatable bonds is 4. The SMILES string of the molecule is Cc1c(F)cc(C(N)=O)cc1NCc1cc(Br)ccc1O. The van der Waals surface area contributed by atoms with Crippen LogP contribution in [0.3, 0.4) is 0 Å². The normalized spacial score (nSPS) is 10.4. The molecule has 0 aliphatic heterocycles. The molecule has 0 heterocycles. The third-order valence-corrected chi connectivity index (χ3v) is 3.63. The largest absolute Gasteiger partial charge is 0.508 e. The first kappa shape index (κ1) is 15.3. The minimum atomic E-state index is -0.692. The highest BCUT2D eigenvalue weighted by atomic mass is 79.9. The van der Waals surface area contributed by atoms with Crippen LogP contribution >= 0.6 is 15.9 Å². The molecule has 0 radical (unpaired) electrons. The Hall–Kier alpha value is -2.08. The molecule has 1 amide bonds. The zero-order chi connectivity index (χ0) is 15.6. The maximum atomic E-state index is 13.8. The fourth-order valence-electron chi connectivity index (χ4n) is 1.89. The number of carbonyl (C=O) groups excluding carboxylic acids is 1. The van der Waals surface area contributed by atoms with E-state index in [1.54, 1.807) is 25.1 Å². The summed E-state index contributed by atoms with van der Waals surface area (Å²) >= 11 is 3.32. The standard InChI is InChI=1S/C15H14BrFN2O2/c1-8-12(17)5-9(15(18)21)6-13(8)19-7-10-4-11(16)2-3-14(10)20/h2-6,19-20H,7H2,1H3,(H2,18,21). The molecule has 0 aliphatic carbocycles. The number of carbonyl (C=O) groups is 1. The van der Waals surface area contributed by atoms with Gasteiger partial charge in [0.2, 0.25) is 5.91 Å². The molecule has 110 valence electrons. The lowest BCUT2D eigenvalue weighted by atomic mass is 10.1. The Balaban J connectivity index is 2.27. The Labute approximate surface area is 129 Å². The summed E-state index contributed by atoms with van der Waals surface area (Å²) < 4.78 is 14.6.